The number of pyridine rings is 1. The molecule has 2 aromatic carbocycles. The molecular weight excluding hydrogens is 514 g/mol. The molecule has 218 valence electrons. The number of aliphatic carboxylic acids is 1. The van der Waals surface area contributed by atoms with Crippen LogP contribution < -0.4 is 10.2 Å². The Kier molecular flexibility index (Phi) is 8.88. The Morgan fingerprint density at radius 3 is 2.17 bits per heavy atom. The number of amides is 1. The summed E-state index contributed by atoms with van der Waals surface area (Å²) in [6.07, 6.45) is 0.810. The molecule has 1 saturated heterocycles. The smallest absolute Gasteiger partial charge is 0.337 e. The molecule has 7 heteroatoms. The third-order valence-electron chi connectivity index (χ3n) is 7.70. The van der Waals surface area contributed by atoms with E-state index in [0.717, 1.165) is 54.0 Å². The number of hydrogen-bond acceptors (Lipinski definition) is 5. The molecule has 1 amide bonds. The first-order valence-corrected chi connectivity index (χ1v) is 14.3. The SMILES string of the molecule is Cc1nc(C)c(C(OC(C)(C)C)C(=O)O)c(N2CCC(C)(C)CC2)c1-c1ccc(C(=O)NCc2ccccc2)cc1. The van der Waals surface area contributed by atoms with Crippen LogP contribution in [0, 0.1) is 19.3 Å². The summed E-state index contributed by atoms with van der Waals surface area (Å²) in [5.41, 5.74) is 5.83. The number of anilines is 1. The Morgan fingerprint density at radius 1 is 1.00 bits per heavy atom. The summed E-state index contributed by atoms with van der Waals surface area (Å²) >= 11 is 0. The van der Waals surface area contributed by atoms with Crippen molar-refractivity contribution in [2.24, 2.45) is 5.41 Å². The zero-order valence-corrected chi connectivity index (χ0v) is 25.4. The Morgan fingerprint density at radius 2 is 1.61 bits per heavy atom. The van der Waals surface area contributed by atoms with E-state index in [-0.39, 0.29) is 11.3 Å². The van der Waals surface area contributed by atoms with Gasteiger partial charge in [0.2, 0.25) is 0 Å². The van der Waals surface area contributed by atoms with Crippen molar-refractivity contribution >= 4 is 17.6 Å². The number of piperidine rings is 1. The first-order valence-electron chi connectivity index (χ1n) is 14.3. The molecule has 0 saturated carbocycles. The predicted octanol–water partition coefficient (Wildman–Crippen LogP) is 6.86. The topological polar surface area (TPSA) is 91.8 Å². The average molecular weight is 558 g/mol. The van der Waals surface area contributed by atoms with Crippen LogP contribution in [0.25, 0.3) is 11.1 Å². The Hall–Kier alpha value is -3.71. The van der Waals surface area contributed by atoms with Crippen molar-refractivity contribution in [1.29, 1.82) is 0 Å². The predicted molar refractivity (Wildman–Crippen MR) is 163 cm³/mol. The molecule has 1 atom stereocenters. The molecule has 7 nitrogen and oxygen atoms in total. The molecule has 3 aromatic rings. The van der Waals surface area contributed by atoms with Crippen LogP contribution in [0.4, 0.5) is 5.69 Å². The van der Waals surface area contributed by atoms with Crippen molar-refractivity contribution in [1.82, 2.24) is 10.3 Å². The van der Waals surface area contributed by atoms with Crippen LogP contribution in [0.1, 0.15) is 86.4 Å². The summed E-state index contributed by atoms with van der Waals surface area (Å²) < 4.78 is 6.16. The van der Waals surface area contributed by atoms with Gasteiger partial charge in [0, 0.05) is 47.7 Å². The number of rotatable bonds is 8. The van der Waals surface area contributed by atoms with Crippen LogP contribution in [-0.2, 0) is 16.1 Å². The highest BCUT2D eigenvalue weighted by Crippen LogP contribution is 2.44. The number of aromatic nitrogens is 1. The van der Waals surface area contributed by atoms with Crippen molar-refractivity contribution in [3.05, 3.63) is 82.7 Å². The lowest BCUT2D eigenvalue weighted by atomic mass is 9.81. The fourth-order valence-electron chi connectivity index (χ4n) is 5.42. The lowest BCUT2D eigenvalue weighted by Gasteiger charge is -2.41. The first-order chi connectivity index (χ1) is 19.3. The number of hydrogen-bond donors (Lipinski definition) is 2. The Labute approximate surface area is 244 Å². The highest BCUT2D eigenvalue weighted by Gasteiger charge is 2.36. The molecule has 0 radical (unpaired) electrons. The van der Waals surface area contributed by atoms with Crippen molar-refractivity contribution in [2.45, 2.75) is 79.6 Å². The molecule has 0 aliphatic carbocycles. The van der Waals surface area contributed by atoms with Crippen molar-refractivity contribution in [3.63, 3.8) is 0 Å². The molecule has 1 aromatic heterocycles. The van der Waals surface area contributed by atoms with Gasteiger partial charge in [-0.15, -0.1) is 0 Å². The van der Waals surface area contributed by atoms with E-state index in [2.05, 4.69) is 24.1 Å². The fraction of sp³-hybridized carbons (Fsp3) is 0.441. The lowest BCUT2D eigenvalue weighted by molar-refractivity contribution is -0.160. The van der Waals surface area contributed by atoms with Crippen LogP contribution in [0.3, 0.4) is 0 Å². The quantitative estimate of drug-likeness (QED) is 0.314. The van der Waals surface area contributed by atoms with Gasteiger partial charge in [-0.2, -0.15) is 0 Å². The molecule has 0 bridgehead atoms. The van der Waals surface area contributed by atoms with Gasteiger partial charge in [0.15, 0.2) is 6.10 Å². The number of carbonyl (C=O) groups is 2. The van der Waals surface area contributed by atoms with Gasteiger partial charge in [-0.3, -0.25) is 9.78 Å². The Balaban J connectivity index is 1.77. The number of carbonyl (C=O) groups excluding carboxylic acids is 1. The molecule has 1 fully saturated rings. The second-order valence-corrected chi connectivity index (χ2v) is 12.8. The van der Waals surface area contributed by atoms with Crippen LogP contribution in [-0.4, -0.2) is 40.7 Å². The fourth-order valence-corrected chi connectivity index (χ4v) is 5.42. The summed E-state index contributed by atoms with van der Waals surface area (Å²) in [4.78, 5) is 32.7. The summed E-state index contributed by atoms with van der Waals surface area (Å²) in [6, 6.07) is 17.3. The van der Waals surface area contributed by atoms with Gasteiger partial charge in [0.1, 0.15) is 0 Å². The zero-order chi connectivity index (χ0) is 29.9. The lowest BCUT2D eigenvalue weighted by Crippen LogP contribution is -2.39. The van der Waals surface area contributed by atoms with Crippen LogP contribution >= 0.6 is 0 Å². The molecule has 1 aliphatic rings. The maximum Gasteiger partial charge on any atom is 0.337 e. The minimum absolute atomic E-state index is 0.150. The molecular formula is C34H43N3O4. The average Bonchev–Trinajstić information content (AvgIpc) is 2.90. The van der Waals surface area contributed by atoms with Gasteiger partial charge in [-0.1, -0.05) is 56.3 Å². The van der Waals surface area contributed by atoms with E-state index in [1.165, 1.54) is 0 Å². The first kappa shape index (κ1) is 30.3. The number of aryl methyl sites for hydroxylation is 2. The highest BCUT2D eigenvalue weighted by atomic mass is 16.5. The van der Waals surface area contributed by atoms with E-state index in [0.29, 0.717) is 23.4 Å². The van der Waals surface area contributed by atoms with E-state index in [4.69, 9.17) is 9.72 Å². The van der Waals surface area contributed by atoms with E-state index in [9.17, 15) is 14.7 Å². The Bertz CT molecular complexity index is 1380. The molecule has 2 heterocycles. The highest BCUT2D eigenvalue weighted by molar-refractivity contribution is 5.95. The van der Waals surface area contributed by atoms with Crippen molar-refractivity contribution in [3.8, 4) is 11.1 Å². The van der Waals surface area contributed by atoms with E-state index >= 15 is 0 Å². The van der Waals surface area contributed by atoms with E-state index < -0.39 is 17.7 Å². The van der Waals surface area contributed by atoms with Gasteiger partial charge in [-0.05, 0) is 76.1 Å². The summed E-state index contributed by atoms with van der Waals surface area (Å²) in [6.45, 7) is 16.0. The maximum absolute atomic E-state index is 12.9. The monoisotopic (exact) mass is 557 g/mol. The van der Waals surface area contributed by atoms with E-state index in [1.54, 1.807) is 0 Å². The van der Waals surface area contributed by atoms with Gasteiger partial charge in [0.25, 0.3) is 5.91 Å². The van der Waals surface area contributed by atoms with Gasteiger partial charge >= 0.3 is 5.97 Å². The number of carboxylic acid groups (broad SMARTS) is 1. The van der Waals surface area contributed by atoms with Crippen molar-refractivity contribution in [2.75, 3.05) is 18.0 Å². The number of carboxylic acids is 1. The normalized spacial score (nSPS) is 15.8. The molecule has 0 spiro atoms. The largest absolute Gasteiger partial charge is 0.479 e. The standard InChI is InChI=1S/C34H43N3O4/c1-22-27(25-13-15-26(16-14-25)31(38)35-21-24-11-9-8-10-12-24)29(37-19-17-34(6,7)18-20-37)28(23(2)36-22)30(32(39)40)41-33(3,4)5/h8-16,30H,17-21H2,1-7H3,(H,35,38)(H,39,40). The molecule has 41 heavy (non-hydrogen) atoms. The minimum Gasteiger partial charge on any atom is -0.479 e. The molecule has 1 unspecified atom stereocenters. The minimum atomic E-state index is -1.17. The molecule has 1 aliphatic heterocycles. The third kappa shape index (κ3) is 7.33. The van der Waals surface area contributed by atoms with Gasteiger partial charge < -0.3 is 20.1 Å². The van der Waals surface area contributed by atoms with Crippen LogP contribution in [0.2, 0.25) is 0 Å². The summed E-state index contributed by atoms with van der Waals surface area (Å²) in [7, 11) is 0. The third-order valence-corrected chi connectivity index (χ3v) is 7.70. The second-order valence-electron chi connectivity index (χ2n) is 12.8. The van der Waals surface area contributed by atoms with Gasteiger partial charge in [-0.25, -0.2) is 4.79 Å². The van der Waals surface area contributed by atoms with E-state index in [1.807, 2.05) is 89.2 Å². The maximum atomic E-state index is 12.9. The number of ether oxygens (including phenoxy) is 1. The van der Waals surface area contributed by atoms with Gasteiger partial charge in [0.05, 0.1) is 11.3 Å². The number of nitrogens with zero attached hydrogens (tertiary/aromatic N) is 2. The summed E-state index contributed by atoms with van der Waals surface area (Å²) in [5.74, 6) is -1.19. The molecule has 2 N–H and O–H groups in total. The van der Waals surface area contributed by atoms with Crippen molar-refractivity contribution < 1.29 is 19.4 Å². The number of benzene rings is 2. The molecule has 4 rings (SSSR count). The number of nitrogens with one attached hydrogen (secondary N) is 1. The zero-order valence-electron chi connectivity index (χ0n) is 25.4. The summed E-state index contributed by atoms with van der Waals surface area (Å²) in [5, 5.41) is 13.3. The second kappa shape index (κ2) is 12.0. The van der Waals surface area contributed by atoms with Crippen LogP contribution in [0.5, 0.6) is 0 Å². The van der Waals surface area contributed by atoms with Crippen LogP contribution in [0.15, 0.2) is 54.6 Å².